The molecule has 0 saturated heterocycles. The summed E-state index contributed by atoms with van der Waals surface area (Å²) in [5.41, 5.74) is 1.51. The van der Waals surface area contributed by atoms with Crippen LogP contribution < -0.4 is 4.72 Å². The smallest absolute Gasteiger partial charge is 0.241 e. The molecule has 2 aromatic rings. The van der Waals surface area contributed by atoms with Gasteiger partial charge in [0.15, 0.2) is 0 Å². The van der Waals surface area contributed by atoms with E-state index in [0.29, 0.717) is 11.7 Å². The summed E-state index contributed by atoms with van der Waals surface area (Å²) in [7, 11) is -3.63. The van der Waals surface area contributed by atoms with E-state index in [9.17, 15) is 8.42 Å². The number of hydrogen-bond acceptors (Lipinski definition) is 5. The van der Waals surface area contributed by atoms with Gasteiger partial charge in [-0.2, -0.15) is 5.26 Å². The maximum absolute atomic E-state index is 12.1. The molecule has 0 atom stereocenters. The van der Waals surface area contributed by atoms with Crippen LogP contribution in [-0.2, 0) is 23.0 Å². The zero-order valence-corrected chi connectivity index (χ0v) is 12.6. The molecule has 7 heteroatoms. The lowest BCUT2D eigenvalue weighted by Crippen LogP contribution is -2.23. The van der Waals surface area contributed by atoms with E-state index in [1.54, 1.807) is 26.0 Å². The summed E-state index contributed by atoms with van der Waals surface area (Å²) >= 11 is 0. The summed E-state index contributed by atoms with van der Waals surface area (Å²) in [6, 6.07) is 8.20. The standard InChI is InChI=1S/C14H15N3O3S/c1-10-11(2)20-14(17-10)9-16-21(18,19)13-5-3-12(4-6-13)7-8-15/h3-6,16H,7,9H2,1-2H3. The average molecular weight is 305 g/mol. The van der Waals surface area contributed by atoms with Crippen LogP contribution in [0.1, 0.15) is 22.9 Å². The molecule has 21 heavy (non-hydrogen) atoms. The molecule has 0 aliphatic carbocycles. The Morgan fingerprint density at radius 3 is 2.48 bits per heavy atom. The third-order valence-electron chi connectivity index (χ3n) is 3.00. The van der Waals surface area contributed by atoms with Crippen molar-refractivity contribution in [3.05, 3.63) is 47.2 Å². The maximum atomic E-state index is 12.1. The molecule has 0 saturated carbocycles. The van der Waals surface area contributed by atoms with Gasteiger partial charge in [0, 0.05) is 0 Å². The van der Waals surface area contributed by atoms with Gasteiger partial charge in [-0.1, -0.05) is 12.1 Å². The van der Waals surface area contributed by atoms with Crippen LogP contribution in [0.15, 0.2) is 33.6 Å². The van der Waals surface area contributed by atoms with Gasteiger partial charge >= 0.3 is 0 Å². The Hall–Kier alpha value is -2.17. The van der Waals surface area contributed by atoms with Crippen molar-refractivity contribution in [1.29, 1.82) is 5.26 Å². The summed E-state index contributed by atoms with van der Waals surface area (Å²) in [6.45, 7) is 3.57. The van der Waals surface area contributed by atoms with Crippen molar-refractivity contribution >= 4 is 10.0 Å². The molecule has 0 unspecified atom stereocenters. The molecule has 110 valence electrons. The van der Waals surface area contributed by atoms with Crippen LogP contribution in [0.3, 0.4) is 0 Å². The van der Waals surface area contributed by atoms with Gasteiger partial charge in [-0.05, 0) is 31.5 Å². The predicted molar refractivity (Wildman–Crippen MR) is 75.8 cm³/mol. The van der Waals surface area contributed by atoms with Crippen molar-refractivity contribution in [2.24, 2.45) is 0 Å². The van der Waals surface area contributed by atoms with E-state index in [0.717, 1.165) is 11.3 Å². The Kier molecular flexibility index (Phi) is 4.40. The molecule has 1 aromatic carbocycles. The number of aromatic nitrogens is 1. The molecule has 0 radical (unpaired) electrons. The number of sulfonamides is 1. The second kappa shape index (κ2) is 6.08. The Balaban J connectivity index is 2.09. The first-order valence-corrected chi connectivity index (χ1v) is 7.79. The Bertz CT molecular complexity index is 751. The first-order valence-electron chi connectivity index (χ1n) is 6.31. The summed E-state index contributed by atoms with van der Waals surface area (Å²) in [5, 5.41) is 8.59. The van der Waals surface area contributed by atoms with Gasteiger partial charge in [0.2, 0.25) is 15.9 Å². The summed E-state index contributed by atoms with van der Waals surface area (Å²) in [6.07, 6.45) is 0.253. The lowest BCUT2D eigenvalue weighted by atomic mass is 10.2. The quantitative estimate of drug-likeness (QED) is 0.909. The number of benzene rings is 1. The van der Waals surface area contributed by atoms with Gasteiger partial charge in [-0.3, -0.25) is 0 Å². The average Bonchev–Trinajstić information content (AvgIpc) is 2.77. The molecule has 1 N–H and O–H groups in total. The molecule has 0 bridgehead atoms. The second-order valence-corrected chi connectivity index (χ2v) is 6.32. The molecule has 1 heterocycles. The number of nitrogens with one attached hydrogen (secondary N) is 1. The van der Waals surface area contributed by atoms with E-state index >= 15 is 0 Å². The van der Waals surface area contributed by atoms with Crippen LogP contribution in [-0.4, -0.2) is 13.4 Å². The number of nitriles is 1. The van der Waals surface area contributed by atoms with E-state index in [1.165, 1.54) is 12.1 Å². The number of oxazole rings is 1. The van der Waals surface area contributed by atoms with Crippen molar-refractivity contribution in [3.63, 3.8) is 0 Å². The zero-order chi connectivity index (χ0) is 15.5. The molecule has 0 spiro atoms. The lowest BCUT2D eigenvalue weighted by molar-refractivity contribution is 0.463. The van der Waals surface area contributed by atoms with E-state index in [1.807, 2.05) is 6.07 Å². The Morgan fingerprint density at radius 2 is 1.95 bits per heavy atom. The van der Waals surface area contributed by atoms with Crippen molar-refractivity contribution in [3.8, 4) is 6.07 Å². The molecule has 0 aliphatic heterocycles. The molecule has 6 nitrogen and oxygen atoms in total. The highest BCUT2D eigenvalue weighted by Crippen LogP contribution is 2.13. The highest BCUT2D eigenvalue weighted by atomic mass is 32.2. The third kappa shape index (κ3) is 3.68. The number of aryl methyl sites for hydroxylation is 2. The minimum absolute atomic E-state index is 0.00302. The van der Waals surface area contributed by atoms with E-state index in [4.69, 9.17) is 9.68 Å². The zero-order valence-electron chi connectivity index (χ0n) is 11.8. The predicted octanol–water partition coefficient (Wildman–Crippen LogP) is 1.84. The fraction of sp³-hybridized carbons (Fsp3) is 0.286. The highest BCUT2D eigenvalue weighted by Gasteiger charge is 2.15. The van der Waals surface area contributed by atoms with Crippen LogP contribution >= 0.6 is 0 Å². The fourth-order valence-electron chi connectivity index (χ4n) is 1.73. The fourth-order valence-corrected chi connectivity index (χ4v) is 2.71. The van der Waals surface area contributed by atoms with Gasteiger partial charge in [-0.25, -0.2) is 18.1 Å². The van der Waals surface area contributed by atoms with E-state index in [-0.39, 0.29) is 17.9 Å². The Morgan fingerprint density at radius 1 is 1.29 bits per heavy atom. The highest BCUT2D eigenvalue weighted by molar-refractivity contribution is 7.89. The monoisotopic (exact) mass is 305 g/mol. The normalized spacial score (nSPS) is 11.3. The lowest BCUT2D eigenvalue weighted by Gasteiger charge is -2.05. The first-order chi connectivity index (χ1) is 9.92. The van der Waals surface area contributed by atoms with Crippen LogP contribution in [0.2, 0.25) is 0 Å². The van der Waals surface area contributed by atoms with Gasteiger partial charge in [0.1, 0.15) is 5.76 Å². The topological polar surface area (TPSA) is 96.0 Å². The van der Waals surface area contributed by atoms with Crippen LogP contribution in [0.4, 0.5) is 0 Å². The largest absolute Gasteiger partial charge is 0.444 e. The van der Waals surface area contributed by atoms with Crippen molar-refractivity contribution < 1.29 is 12.8 Å². The molecule has 2 rings (SSSR count). The summed E-state index contributed by atoms with van der Waals surface area (Å²) in [5.74, 6) is 1.000. The van der Waals surface area contributed by atoms with Gasteiger partial charge in [-0.15, -0.1) is 0 Å². The van der Waals surface area contributed by atoms with Crippen LogP contribution in [0.25, 0.3) is 0 Å². The molecule has 0 aliphatic rings. The number of nitrogens with zero attached hydrogens (tertiary/aromatic N) is 2. The van der Waals surface area contributed by atoms with Gasteiger partial charge in [0.05, 0.1) is 29.6 Å². The Labute approximate surface area is 123 Å². The molecular formula is C14H15N3O3S. The minimum atomic E-state index is -3.63. The van der Waals surface area contributed by atoms with E-state index in [2.05, 4.69) is 9.71 Å². The van der Waals surface area contributed by atoms with E-state index < -0.39 is 10.0 Å². The van der Waals surface area contributed by atoms with Crippen molar-refractivity contribution in [1.82, 2.24) is 9.71 Å². The third-order valence-corrected chi connectivity index (χ3v) is 4.42. The number of rotatable bonds is 5. The molecule has 0 amide bonds. The number of hydrogen-bond donors (Lipinski definition) is 1. The van der Waals surface area contributed by atoms with Gasteiger partial charge in [0.25, 0.3) is 0 Å². The molecular weight excluding hydrogens is 290 g/mol. The minimum Gasteiger partial charge on any atom is -0.444 e. The summed E-state index contributed by atoms with van der Waals surface area (Å²) in [4.78, 5) is 4.26. The van der Waals surface area contributed by atoms with Gasteiger partial charge < -0.3 is 4.42 Å². The van der Waals surface area contributed by atoms with Crippen LogP contribution in [0.5, 0.6) is 0 Å². The van der Waals surface area contributed by atoms with Crippen molar-refractivity contribution in [2.75, 3.05) is 0 Å². The molecule has 0 fully saturated rings. The maximum Gasteiger partial charge on any atom is 0.241 e. The van der Waals surface area contributed by atoms with Crippen molar-refractivity contribution in [2.45, 2.75) is 31.7 Å². The first kappa shape index (κ1) is 15.2. The second-order valence-electron chi connectivity index (χ2n) is 4.55. The van der Waals surface area contributed by atoms with Crippen LogP contribution in [0, 0.1) is 25.2 Å². The summed E-state index contributed by atoms with van der Waals surface area (Å²) < 4.78 is 32.0. The SMILES string of the molecule is Cc1nc(CNS(=O)(=O)c2ccc(CC#N)cc2)oc1C. The molecule has 1 aromatic heterocycles.